The summed E-state index contributed by atoms with van der Waals surface area (Å²) in [5.41, 5.74) is 3.43. The van der Waals surface area contributed by atoms with Crippen molar-refractivity contribution in [3.63, 3.8) is 0 Å². The van der Waals surface area contributed by atoms with Crippen molar-refractivity contribution in [1.29, 1.82) is 0 Å². The molecule has 94 valence electrons. The standard InChI is InChI=1S/C11H18N4O2/c1-2-17-7-3-5-14-11(16)9-4-6-13-8-10(9)15-12/h4,6,8,15H,2-3,5,7,12H2,1H3,(H,14,16). The Labute approximate surface area is 101 Å². The maximum Gasteiger partial charge on any atom is 0.253 e. The molecule has 1 heterocycles. The SMILES string of the molecule is CCOCCCNC(=O)c1ccncc1NN. The Kier molecular flexibility index (Phi) is 5.98. The highest BCUT2D eigenvalue weighted by Crippen LogP contribution is 2.10. The monoisotopic (exact) mass is 238 g/mol. The van der Waals surface area contributed by atoms with E-state index in [1.54, 1.807) is 12.3 Å². The molecule has 1 aromatic rings. The van der Waals surface area contributed by atoms with Crippen molar-refractivity contribution in [3.8, 4) is 0 Å². The molecular weight excluding hydrogens is 220 g/mol. The van der Waals surface area contributed by atoms with Gasteiger partial charge in [0.1, 0.15) is 0 Å². The minimum atomic E-state index is -0.170. The lowest BCUT2D eigenvalue weighted by atomic mass is 10.2. The molecule has 6 heteroatoms. The van der Waals surface area contributed by atoms with E-state index in [1.807, 2.05) is 6.92 Å². The van der Waals surface area contributed by atoms with Crippen LogP contribution in [0.4, 0.5) is 5.69 Å². The summed E-state index contributed by atoms with van der Waals surface area (Å²) in [6.45, 7) is 3.86. The van der Waals surface area contributed by atoms with Crippen molar-refractivity contribution in [2.75, 3.05) is 25.2 Å². The second kappa shape index (κ2) is 7.59. The summed E-state index contributed by atoms with van der Waals surface area (Å²) < 4.78 is 5.17. The van der Waals surface area contributed by atoms with Gasteiger partial charge in [-0.1, -0.05) is 0 Å². The molecule has 0 saturated carbocycles. The predicted molar refractivity (Wildman–Crippen MR) is 65.5 cm³/mol. The van der Waals surface area contributed by atoms with Gasteiger partial charge in [0.25, 0.3) is 5.91 Å². The molecule has 0 aliphatic rings. The van der Waals surface area contributed by atoms with Crippen LogP contribution in [0.25, 0.3) is 0 Å². The van der Waals surface area contributed by atoms with Crippen molar-refractivity contribution >= 4 is 11.6 Å². The van der Waals surface area contributed by atoms with Crippen LogP contribution in [0, 0.1) is 0 Å². The van der Waals surface area contributed by atoms with E-state index < -0.39 is 0 Å². The Morgan fingerprint density at radius 2 is 2.41 bits per heavy atom. The first-order valence-corrected chi connectivity index (χ1v) is 5.56. The fraction of sp³-hybridized carbons (Fsp3) is 0.455. The van der Waals surface area contributed by atoms with Gasteiger partial charge in [-0.15, -0.1) is 0 Å². The average molecular weight is 238 g/mol. The number of nitrogen functional groups attached to an aromatic ring is 1. The van der Waals surface area contributed by atoms with Gasteiger partial charge in [0.2, 0.25) is 0 Å². The number of nitrogens with zero attached hydrogens (tertiary/aromatic N) is 1. The van der Waals surface area contributed by atoms with Crippen molar-refractivity contribution < 1.29 is 9.53 Å². The molecule has 4 N–H and O–H groups in total. The molecule has 0 atom stereocenters. The van der Waals surface area contributed by atoms with E-state index in [0.29, 0.717) is 31.0 Å². The number of hydrogen-bond acceptors (Lipinski definition) is 5. The number of nitrogens with two attached hydrogens (primary N) is 1. The van der Waals surface area contributed by atoms with Gasteiger partial charge < -0.3 is 15.5 Å². The van der Waals surface area contributed by atoms with Gasteiger partial charge in [-0.05, 0) is 19.4 Å². The molecule has 0 bridgehead atoms. The number of carbonyl (C=O) groups is 1. The second-order valence-corrected chi connectivity index (χ2v) is 3.37. The lowest BCUT2D eigenvalue weighted by Crippen LogP contribution is -2.26. The molecule has 6 nitrogen and oxygen atoms in total. The molecule has 1 aromatic heterocycles. The summed E-state index contributed by atoms with van der Waals surface area (Å²) in [6.07, 6.45) is 3.85. The molecular formula is C11H18N4O2. The Morgan fingerprint density at radius 1 is 1.59 bits per heavy atom. The summed E-state index contributed by atoms with van der Waals surface area (Å²) in [6, 6.07) is 1.62. The molecule has 0 radical (unpaired) electrons. The van der Waals surface area contributed by atoms with Crippen molar-refractivity contribution in [3.05, 3.63) is 24.0 Å². The van der Waals surface area contributed by atoms with Crippen LogP contribution in [0.15, 0.2) is 18.5 Å². The van der Waals surface area contributed by atoms with E-state index in [-0.39, 0.29) is 5.91 Å². The summed E-state index contributed by atoms with van der Waals surface area (Å²) in [5, 5.41) is 2.79. The summed E-state index contributed by atoms with van der Waals surface area (Å²) in [5.74, 6) is 5.12. The van der Waals surface area contributed by atoms with Crippen molar-refractivity contribution in [1.82, 2.24) is 10.3 Å². The molecule has 0 fully saturated rings. The number of ether oxygens (including phenoxy) is 1. The maximum atomic E-state index is 11.8. The number of carbonyl (C=O) groups excluding carboxylic acids is 1. The zero-order valence-corrected chi connectivity index (χ0v) is 9.90. The molecule has 0 saturated heterocycles. The quantitative estimate of drug-likeness (QED) is 0.366. The lowest BCUT2D eigenvalue weighted by Gasteiger charge is -2.08. The maximum absolute atomic E-state index is 11.8. The topological polar surface area (TPSA) is 89.3 Å². The highest BCUT2D eigenvalue weighted by atomic mass is 16.5. The average Bonchev–Trinajstić information content (AvgIpc) is 2.38. The molecule has 0 spiro atoms. The van der Waals surface area contributed by atoms with Crippen LogP contribution in [0.1, 0.15) is 23.7 Å². The summed E-state index contributed by atoms with van der Waals surface area (Å²) in [4.78, 5) is 15.7. The van der Waals surface area contributed by atoms with Crippen LogP contribution in [0.2, 0.25) is 0 Å². The van der Waals surface area contributed by atoms with Crippen molar-refractivity contribution in [2.24, 2.45) is 5.84 Å². The first-order chi connectivity index (χ1) is 8.29. The number of hydrogen-bond donors (Lipinski definition) is 3. The Bertz CT molecular complexity index is 357. The normalized spacial score (nSPS) is 10.0. The van der Waals surface area contributed by atoms with Crippen LogP contribution >= 0.6 is 0 Å². The Morgan fingerprint density at radius 3 is 3.12 bits per heavy atom. The number of amides is 1. The van der Waals surface area contributed by atoms with E-state index in [2.05, 4.69) is 15.7 Å². The second-order valence-electron chi connectivity index (χ2n) is 3.37. The van der Waals surface area contributed by atoms with Gasteiger partial charge in [0, 0.05) is 26.0 Å². The van der Waals surface area contributed by atoms with Gasteiger partial charge in [0.15, 0.2) is 0 Å². The highest BCUT2D eigenvalue weighted by molar-refractivity contribution is 5.99. The van der Waals surface area contributed by atoms with Crippen LogP contribution in [-0.4, -0.2) is 30.6 Å². The van der Waals surface area contributed by atoms with Gasteiger partial charge in [0.05, 0.1) is 17.4 Å². The van der Waals surface area contributed by atoms with E-state index >= 15 is 0 Å². The van der Waals surface area contributed by atoms with Crippen LogP contribution in [0.3, 0.4) is 0 Å². The van der Waals surface area contributed by atoms with Gasteiger partial charge in [-0.25, -0.2) is 0 Å². The first-order valence-electron chi connectivity index (χ1n) is 5.56. The predicted octanol–water partition coefficient (Wildman–Crippen LogP) is 0.524. The third kappa shape index (κ3) is 4.38. The minimum absolute atomic E-state index is 0.170. The summed E-state index contributed by atoms with van der Waals surface area (Å²) in [7, 11) is 0. The number of aromatic nitrogens is 1. The van der Waals surface area contributed by atoms with Gasteiger partial charge >= 0.3 is 0 Å². The number of pyridine rings is 1. The third-order valence-electron chi connectivity index (χ3n) is 2.18. The molecule has 1 rings (SSSR count). The van der Waals surface area contributed by atoms with Crippen molar-refractivity contribution in [2.45, 2.75) is 13.3 Å². The van der Waals surface area contributed by atoms with E-state index in [9.17, 15) is 4.79 Å². The zero-order valence-electron chi connectivity index (χ0n) is 9.90. The van der Waals surface area contributed by atoms with E-state index in [4.69, 9.17) is 10.6 Å². The van der Waals surface area contributed by atoms with Crippen LogP contribution < -0.4 is 16.6 Å². The largest absolute Gasteiger partial charge is 0.382 e. The fourth-order valence-corrected chi connectivity index (χ4v) is 1.32. The minimum Gasteiger partial charge on any atom is -0.382 e. The Hall–Kier alpha value is -1.66. The third-order valence-corrected chi connectivity index (χ3v) is 2.18. The lowest BCUT2D eigenvalue weighted by molar-refractivity contribution is 0.0945. The smallest absolute Gasteiger partial charge is 0.253 e. The fourth-order valence-electron chi connectivity index (χ4n) is 1.32. The number of anilines is 1. The van der Waals surface area contributed by atoms with Crippen LogP contribution in [0.5, 0.6) is 0 Å². The van der Waals surface area contributed by atoms with Gasteiger partial charge in [-0.3, -0.25) is 15.6 Å². The van der Waals surface area contributed by atoms with Gasteiger partial charge in [-0.2, -0.15) is 0 Å². The number of hydrazine groups is 1. The number of rotatable bonds is 7. The number of nitrogens with one attached hydrogen (secondary N) is 2. The molecule has 0 aliphatic carbocycles. The molecule has 0 unspecified atom stereocenters. The highest BCUT2D eigenvalue weighted by Gasteiger charge is 2.09. The zero-order chi connectivity index (χ0) is 12.5. The summed E-state index contributed by atoms with van der Waals surface area (Å²) >= 11 is 0. The van der Waals surface area contributed by atoms with Crippen LogP contribution in [-0.2, 0) is 4.74 Å². The van der Waals surface area contributed by atoms with E-state index in [1.165, 1.54) is 6.20 Å². The Balaban J connectivity index is 2.41. The molecule has 0 aliphatic heterocycles. The van der Waals surface area contributed by atoms with E-state index in [0.717, 1.165) is 6.42 Å². The molecule has 1 amide bonds. The molecule has 17 heavy (non-hydrogen) atoms. The molecule has 0 aromatic carbocycles. The first kappa shape index (κ1) is 13.4.